The van der Waals surface area contributed by atoms with E-state index in [0.717, 1.165) is 32.8 Å². The summed E-state index contributed by atoms with van der Waals surface area (Å²) in [7, 11) is 0. The van der Waals surface area contributed by atoms with E-state index in [2.05, 4.69) is 72.4 Å². The molecular formula is C59H73ClN12O8S2. The van der Waals surface area contributed by atoms with Crippen LogP contribution < -0.4 is 54.4 Å². The molecule has 0 bridgehead atoms. The quantitative estimate of drug-likeness (QED) is 0.0239. The zero-order valence-electron chi connectivity index (χ0n) is 46.0. The van der Waals surface area contributed by atoms with Crippen molar-refractivity contribution in [1.82, 2.24) is 47.2 Å². The van der Waals surface area contributed by atoms with Crippen LogP contribution in [0.3, 0.4) is 0 Å². The van der Waals surface area contributed by atoms with Gasteiger partial charge < -0.3 is 59.4 Å². The van der Waals surface area contributed by atoms with Crippen LogP contribution in [0, 0.1) is 5.41 Å². The molecule has 436 valence electrons. The molecule has 8 amide bonds. The van der Waals surface area contributed by atoms with Crippen LogP contribution in [0.5, 0.6) is 0 Å². The molecule has 6 aromatic rings. The maximum absolute atomic E-state index is 14.9. The number of unbranched alkanes of at least 4 members (excludes halogenated alkanes) is 1. The van der Waals surface area contributed by atoms with E-state index in [0.29, 0.717) is 29.0 Å². The highest BCUT2D eigenvalue weighted by molar-refractivity contribution is 7.80. The molecule has 0 aliphatic rings. The minimum absolute atomic E-state index is 0.0638. The minimum Gasteiger partial charge on any atom is -0.368 e. The lowest BCUT2D eigenvalue weighted by Crippen LogP contribution is -2.62. The van der Waals surface area contributed by atoms with Gasteiger partial charge in [0.15, 0.2) is 0 Å². The second kappa shape index (κ2) is 30.5. The highest BCUT2D eigenvalue weighted by atomic mass is 35.5. The lowest BCUT2D eigenvalue weighted by Gasteiger charge is -2.33. The van der Waals surface area contributed by atoms with Crippen LogP contribution >= 0.6 is 36.9 Å². The smallest absolute Gasteiger partial charge is 0.244 e. The Morgan fingerprint density at radius 1 is 0.573 bits per heavy atom. The summed E-state index contributed by atoms with van der Waals surface area (Å²) in [6.07, 6.45) is 5.72. The maximum Gasteiger partial charge on any atom is 0.244 e. The molecule has 0 aliphatic carbocycles. The fourth-order valence-electron chi connectivity index (χ4n) is 9.18. The van der Waals surface area contributed by atoms with Gasteiger partial charge in [-0.15, -0.1) is 0 Å². The van der Waals surface area contributed by atoms with Gasteiger partial charge in [-0.05, 0) is 94.9 Å². The predicted molar refractivity (Wildman–Crippen MR) is 324 cm³/mol. The molecule has 0 radical (unpaired) electrons. The second-order valence-electron chi connectivity index (χ2n) is 21.2. The highest BCUT2D eigenvalue weighted by Crippen LogP contribution is 2.23. The Kier molecular flexibility index (Phi) is 23.7. The number of nitrogens with one attached hydrogen (secondary N) is 8. The van der Waals surface area contributed by atoms with Gasteiger partial charge in [-0.1, -0.05) is 111 Å². The molecule has 2 aromatic heterocycles. The normalized spacial score (nSPS) is 14.4. The van der Waals surface area contributed by atoms with E-state index in [-0.39, 0.29) is 50.2 Å². The fraction of sp³-hybridized carbons (Fsp3) is 0.373. The predicted octanol–water partition coefficient (Wildman–Crippen LogP) is 2.88. The number of amides is 8. The van der Waals surface area contributed by atoms with E-state index >= 15 is 0 Å². The van der Waals surface area contributed by atoms with E-state index in [1.165, 1.54) is 6.20 Å². The van der Waals surface area contributed by atoms with Crippen molar-refractivity contribution in [1.29, 1.82) is 0 Å². The van der Waals surface area contributed by atoms with Crippen molar-refractivity contribution in [2.75, 3.05) is 18.1 Å². The van der Waals surface area contributed by atoms with Crippen LogP contribution in [0.2, 0.25) is 5.02 Å². The largest absolute Gasteiger partial charge is 0.368 e. The first-order valence-corrected chi connectivity index (χ1v) is 28.6. The van der Waals surface area contributed by atoms with Crippen LogP contribution in [0.15, 0.2) is 122 Å². The molecule has 23 heteroatoms. The first-order chi connectivity index (χ1) is 39.2. The number of rotatable bonds is 29. The Bertz CT molecular complexity index is 3180. The first kappa shape index (κ1) is 63.7. The zero-order valence-corrected chi connectivity index (χ0v) is 48.5. The number of carbonyl (C=O) groups excluding carboxylic acids is 8. The van der Waals surface area contributed by atoms with Crippen molar-refractivity contribution in [2.45, 2.75) is 114 Å². The van der Waals surface area contributed by atoms with Crippen molar-refractivity contribution in [3.63, 3.8) is 0 Å². The Balaban J connectivity index is 1.21. The molecule has 0 fully saturated rings. The summed E-state index contributed by atoms with van der Waals surface area (Å²) in [6, 6.07) is 20.8. The van der Waals surface area contributed by atoms with Gasteiger partial charge in [0.2, 0.25) is 47.3 Å². The van der Waals surface area contributed by atoms with Crippen LogP contribution in [-0.2, 0) is 64.0 Å². The topological polar surface area (TPSA) is 328 Å². The summed E-state index contributed by atoms with van der Waals surface area (Å²) in [5.41, 5.74) is 20.4. The van der Waals surface area contributed by atoms with Crippen molar-refractivity contribution in [3.05, 3.63) is 149 Å². The van der Waals surface area contributed by atoms with Crippen molar-refractivity contribution >= 4 is 106 Å². The van der Waals surface area contributed by atoms with Gasteiger partial charge in [-0.3, -0.25) is 43.3 Å². The molecular weight excluding hydrogens is 1100 g/mol. The SMILES string of the molecule is CC(C)(C)[C@H](NC(=O)[C@H](CCCCN)NC(=O)[C@@H](Cc1c[nH]c2ccccc12)NC(=O)[C@H](Cc1cccnc1)NC(=O)[C@@H](CS)NC(=O)[C@@H](N)Cc1ccc(Cl)cc1)C(=O)N[C@@H](CS)C(=O)N[C@@H](Cc1ccc2ccccc2c1)C(N)=O. The van der Waals surface area contributed by atoms with Crippen LogP contribution in [0.1, 0.15) is 62.3 Å². The first-order valence-electron chi connectivity index (χ1n) is 26.9. The third-order valence-electron chi connectivity index (χ3n) is 13.8. The number of aromatic nitrogens is 2. The van der Waals surface area contributed by atoms with E-state index in [1.807, 2.05) is 66.7 Å². The van der Waals surface area contributed by atoms with Crippen molar-refractivity contribution in [2.24, 2.45) is 22.6 Å². The average Bonchev–Trinajstić information content (AvgIpc) is 3.99. The van der Waals surface area contributed by atoms with Gasteiger partial charge in [0.25, 0.3) is 0 Å². The lowest BCUT2D eigenvalue weighted by atomic mass is 9.85. The number of hydrogen-bond donors (Lipinski definition) is 13. The average molecular weight is 1180 g/mol. The molecule has 4 aromatic carbocycles. The number of carbonyl (C=O) groups is 8. The van der Waals surface area contributed by atoms with E-state index in [9.17, 15) is 38.4 Å². The van der Waals surface area contributed by atoms with Gasteiger partial charge in [0, 0.05) is 65.3 Å². The van der Waals surface area contributed by atoms with Gasteiger partial charge in [0.1, 0.15) is 42.3 Å². The van der Waals surface area contributed by atoms with Gasteiger partial charge in [-0.25, -0.2) is 0 Å². The highest BCUT2D eigenvalue weighted by Gasteiger charge is 2.38. The van der Waals surface area contributed by atoms with E-state index in [1.54, 1.807) is 69.6 Å². The molecule has 6 rings (SSSR count). The summed E-state index contributed by atoms with van der Waals surface area (Å²) < 4.78 is 0. The summed E-state index contributed by atoms with van der Waals surface area (Å²) >= 11 is 14.7. The standard InChI is InChI=1S/C59H73ClN12O8S2/c1-59(2,3)50(58(80)71-49(33-82)56(78)67-45(51(63)73)27-35-17-20-37-12-4-5-13-38(37)25-35)72-53(75)44(16-8-9-23-61)66-55(77)47(29-39-31-65-43-15-7-6-14-41(39)43)69-54(76)46(28-36-11-10-24-64-30-36)68-57(79)48(32-81)70-52(74)42(62)26-34-18-21-40(60)22-19-34/h4-7,10-15,17-22,24-25,30-31,42,44-50,65,81-82H,8-9,16,23,26-29,32-33,61-62H2,1-3H3,(H2,63,73)(H,66,77)(H,67,78)(H,68,79)(H,69,76)(H,70,74)(H,71,80)(H,72,75)/t42-,44-,45-,46-,47+,48+,49-,50+/m0/s1. The summed E-state index contributed by atoms with van der Waals surface area (Å²) in [4.78, 5) is 120. The summed E-state index contributed by atoms with van der Waals surface area (Å²) in [5, 5.41) is 22.4. The monoisotopic (exact) mass is 1180 g/mol. The molecule has 8 atom stereocenters. The number of pyridine rings is 1. The minimum atomic E-state index is -1.38. The molecule has 0 unspecified atom stereocenters. The fourth-order valence-corrected chi connectivity index (χ4v) is 9.82. The molecule has 0 aliphatic heterocycles. The van der Waals surface area contributed by atoms with Crippen LogP contribution in [0.4, 0.5) is 0 Å². The zero-order chi connectivity index (χ0) is 59.5. The Morgan fingerprint density at radius 3 is 1.74 bits per heavy atom. The van der Waals surface area contributed by atoms with Crippen molar-refractivity contribution in [3.8, 4) is 0 Å². The van der Waals surface area contributed by atoms with Gasteiger partial charge >= 0.3 is 0 Å². The van der Waals surface area contributed by atoms with Crippen LogP contribution in [0.25, 0.3) is 21.7 Å². The summed E-state index contributed by atoms with van der Waals surface area (Å²) in [5.74, 6) is -6.33. The number of fused-ring (bicyclic) bond motifs is 2. The number of aromatic amines is 1. The molecule has 0 spiro atoms. The third kappa shape index (κ3) is 18.5. The number of nitrogens with zero attached hydrogens (tertiary/aromatic N) is 1. The molecule has 0 saturated carbocycles. The molecule has 14 N–H and O–H groups in total. The lowest BCUT2D eigenvalue weighted by molar-refractivity contribution is -0.136. The number of para-hydroxylation sites is 1. The molecule has 2 heterocycles. The maximum atomic E-state index is 14.9. The Morgan fingerprint density at radius 2 is 1.12 bits per heavy atom. The molecule has 20 nitrogen and oxygen atoms in total. The molecule has 82 heavy (non-hydrogen) atoms. The number of nitrogens with two attached hydrogens (primary N) is 3. The number of halogens is 1. The number of H-pyrrole nitrogens is 1. The number of benzene rings is 4. The Labute approximate surface area is 492 Å². The van der Waals surface area contributed by atoms with E-state index < -0.39 is 101 Å². The Hall–Kier alpha value is -7.50. The van der Waals surface area contributed by atoms with Crippen molar-refractivity contribution < 1.29 is 38.4 Å². The molecule has 0 saturated heterocycles. The number of thiol groups is 2. The number of hydrogen-bond acceptors (Lipinski definition) is 13. The number of primary amides is 1. The summed E-state index contributed by atoms with van der Waals surface area (Å²) in [6.45, 7) is 5.40. The third-order valence-corrected chi connectivity index (χ3v) is 14.8. The van der Waals surface area contributed by atoms with Gasteiger partial charge in [0.05, 0.1) is 6.04 Å². The van der Waals surface area contributed by atoms with Gasteiger partial charge in [-0.2, -0.15) is 25.3 Å². The van der Waals surface area contributed by atoms with Crippen LogP contribution in [-0.4, -0.2) is 124 Å². The van der Waals surface area contributed by atoms with E-state index in [4.69, 9.17) is 28.8 Å². The second-order valence-corrected chi connectivity index (χ2v) is 22.3.